The van der Waals surface area contributed by atoms with E-state index >= 15 is 4.39 Å². The maximum absolute atomic E-state index is 17.1. The first-order chi connectivity index (χ1) is 32.8. The van der Waals surface area contributed by atoms with E-state index in [2.05, 4.69) is 20.4 Å². The molecule has 13 atom stereocenters. The number of carbonyl (C=O) groups excluding carboxylic acids is 4. The summed E-state index contributed by atoms with van der Waals surface area (Å²) in [5.74, 6) is -5.68. The van der Waals surface area contributed by atoms with Gasteiger partial charge in [-0.3, -0.25) is 14.4 Å². The molecule has 0 aromatic carbocycles. The van der Waals surface area contributed by atoms with Gasteiger partial charge in [-0.2, -0.15) is 0 Å². The molecule has 2 aliphatic rings. The van der Waals surface area contributed by atoms with Gasteiger partial charge in [-0.1, -0.05) is 59.7 Å². The highest BCUT2D eigenvalue weighted by molar-refractivity contribution is 7.13. The number of oxime groups is 1. The monoisotopic (exact) mass is 1000 g/mol. The summed E-state index contributed by atoms with van der Waals surface area (Å²) in [4.78, 5) is 74.6. The third-order valence-electron chi connectivity index (χ3n) is 13.5. The zero-order valence-corrected chi connectivity index (χ0v) is 44.1. The minimum Gasteiger partial charge on any atom is -0.457 e. The quantitative estimate of drug-likeness (QED) is 0.0611. The van der Waals surface area contributed by atoms with Gasteiger partial charge in [0.05, 0.1) is 41.9 Å². The van der Waals surface area contributed by atoms with Gasteiger partial charge in [0.2, 0.25) is 11.8 Å². The van der Waals surface area contributed by atoms with Crippen molar-refractivity contribution in [3.8, 4) is 10.7 Å². The number of likely N-dealkylation sites (N-methyl/N-ethyl adjacent to an activating group) is 1. The smallest absolute Gasteiger partial charge is 0.351 e. The van der Waals surface area contributed by atoms with Crippen molar-refractivity contribution < 1.29 is 57.6 Å². The number of carbonyl (C=O) groups is 4. The summed E-state index contributed by atoms with van der Waals surface area (Å²) in [5, 5.41) is 33.6. The van der Waals surface area contributed by atoms with Crippen molar-refractivity contribution in [1.29, 1.82) is 0 Å². The van der Waals surface area contributed by atoms with E-state index in [0.29, 0.717) is 47.2 Å². The molecule has 18 nitrogen and oxygen atoms in total. The Labute approximate surface area is 416 Å². The Hall–Kier alpha value is -4.15. The number of ketones is 1. The van der Waals surface area contributed by atoms with Gasteiger partial charge in [-0.25, -0.2) is 24.1 Å². The van der Waals surface area contributed by atoms with Gasteiger partial charge in [0.15, 0.2) is 18.7 Å². The molecular formula is C50H78FN7O11S. The molecule has 70 heavy (non-hydrogen) atoms. The number of hydrogen-bond acceptors (Lipinski definition) is 17. The van der Waals surface area contributed by atoms with Crippen molar-refractivity contribution in [3.63, 3.8) is 0 Å². The van der Waals surface area contributed by atoms with Crippen LogP contribution in [0.4, 0.5) is 10.2 Å². The number of amides is 2. The Kier molecular flexibility index (Phi) is 21.3. The molecule has 2 saturated heterocycles. The Bertz CT molecular complexity index is 2140. The van der Waals surface area contributed by atoms with Crippen LogP contribution in [-0.2, 0) is 49.6 Å². The number of anilines is 1. The normalized spacial score (nSPS) is 32.4. The summed E-state index contributed by atoms with van der Waals surface area (Å²) < 4.78 is 42.7. The van der Waals surface area contributed by atoms with Crippen LogP contribution in [0.5, 0.6) is 0 Å². The number of nitrogens with one attached hydrogen (secondary N) is 1. The number of aliphatic hydroxyl groups is 2. The molecule has 2 amide bonds. The highest BCUT2D eigenvalue weighted by atomic mass is 32.1. The van der Waals surface area contributed by atoms with Gasteiger partial charge in [0, 0.05) is 30.0 Å². The number of aliphatic imine (C=N–C) groups is 1. The lowest BCUT2D eigenvalue weighted by atomic mass is 9.74. The number of esters is 1. The lowest BCUT2D eigenvalue weighted by Crippen LogP contribution is -2.60. The highest BCUT2D eigenvalue weighted by Crippen LogP contribution is 2.40. The van der Waals surface area contributed by atoms with Crippen LogP contribution in [0.15, 0.2) is 33.7 Å². The van der Waals surface area contributed by atoms with Gasteiger partial charge in [0.25, 0.3) is 5.67 Å². The summed E-state index contributed by atoms with van der Waals surface area (Å²) in [6.45, 7) is 17.9. The fraction of sp³-hybridized carbons (Fsp3) is 0.720. The van der Waals surface area contributed by atoms with Gasteiger partial charge < -0.3 is 49.9 Å². The average Bonchev–Trinajstić information content (AvgIpc) is 3.79. The second-order valence-electron chi connectivity index (χ2n) is 20.0. The first kappa shape index (κ1) is 58.4. The van der Waals surface area contributed by atoms with E-state index in [1.165, 1.54) is 24.5 Å². The molecule has 0 spiro atoms. The fourth-order valence-electron chi connectivity index (χ4n) is 9.32. The van der Waals surface area contributed by atoms with Gasteiger partial charge in [0.1, 0.15) is 34.3 Å². The number of aliphatic hydroxyl groups excluding tert-OH is 1. The number of cyclic esters (lactones) is 1. The molecule has 2 aromatic rings. The SMILES string of the molecule is CCC(=O)/N=C\[C@H](C)C[C@@]1(C)OC/C(=N/OCc2csc(-c3cccc(NC(=O)[C@@H](N)CC)n3)n2)CC[C@H](C(C)C)[C@](C)(O)[C@@H](CC)OC(=O)[C@@](C)(F)C(=O)[C@H](C)[C@H]1O[C@@H]1O[C@H](C)C[C@H](N(C)C)[C@H]1O. The van der Waals surface area contributed by atoms with Gasteiger partial charge in [-0.05, 0) is 110 Å². The molecule has 0 unspecified atom stereocenters. The molecule has 20 heteroatoms. The van der Waals surface area contributed by atoms with Crippen LogP contribution in [0, 0.1) is 23.7 Å². The van der Waals surface area contributed by atoms with E-state index in [-0.39, 0.29) is 56.6 Å². The number of nitrogens with two attached hydrogens (primary N) is 1. The van der Waals surface area contributed by atoms with Crippen molar-refractivity contribution in [3.05, 3.63) is 29.3 Å². The second kappa shape index (κ2) is 25.5. The third kappa shape index (κ3) is 15.0. The van der Waals surface area contributed by atoms with Crippen LogP contribution < -0.4 is 11.1 Å². The van der Waals surface area contributed by atoms with E-state index in [4.69, 9.17) is 34.5 Å². The number of halogens is 1. The predicted molar refractivity (Wildman–Crippen MR) is 266 cm³/mol. The molecule has 2 aliphatic heterocycles. The van der Waals surface area contributed by atoms with E-state index in [0.717, 1.165) is 6.92 Å². The average molecular weight is 1000 g/mol. The Balaban J connectivity index is 1.82. The summed E-state index contributed by atoms with van der Waals surface area (Å²) >= 11 is 1.32. The fourth-order valence-corrected chi connectivity index (χ4v) is 10.1. The Morgan fingerprint density at radius 1 is 1.13 bits per heavy atom. The molecule has 0 radical (unpaired) electrons. The first-order valence-electron chi connectivity index (χ1n) is 24.5. The van der Waals surface area contributed by atoms with Crippen LogP contribution in [0.25, 0.3) is 10.7 Å². The predicted octanol–water partition coefficient (Wildman–Crippen LogP) is 6.45. The topological polar surface area (TPSA) is 247 Å². The molecule has 2 aromatic heterocycles. The zero-order chi connectivity index (χ0) is 52.3. The lowest BCUT2D eigenvalue weighted by molar-refractivity contribution is -0.296. The minimum atomic E-state index is -3.22. The minimum absolute atomic E-state index is 0.0417. The molecule has 392 valence electrons. The second-order valence-corrected chi connectivity index (χ2v) is 20.9. The summed E-state index contributed by atoms with van der Waals surface area (Å²) in [7, 11) is 3.63. The van der Waals surface area contributed by atoms with Crippen molar-refractivity contribution in [2.45, 2.75) is 187 Å². The molecule has 2 fully saturated rings. The van der Waals surface area contributed by atoms with Crippen LogP contribution in [0.2, 0.25) is 0 Å². The molecular weight excluding hydrogens is 926 g/mol. The number of pyridine rings is 1. The van der Waals surface area contributed by atoms with Crippen LogP contribution in [0.1, 0.15) is 127 Å². The third-order valence-corrected chi connectivity index (χ3v) is 14.4. The number of thiazole rings is 1. The number of hydrogen-bond donors (Lipinski definition) is 4. The zero-order valence-electron chi connectivity index (χ0n) is 43.3. The summed E-state index contributed by atoms with van der Waals surface area (Å²) in [5.41, 5.74) is 0.858. The van der Waals surface area contributed by atoms with Crippen molar-refractivity contribution in [1.82, 2.24) is 14.9 Å². The van der Waals surface area contributed by atoms with E-state index in [1.807, 2.05) is 46.7 Å². The molecule has 0 aliphatic carbocycles. The molecule has 4 rings (SSSR count). The van der Waals surface area contributed by atoms with Gasteiger partial charge >= 0.3 is 5.97 Å². The Morgan fingerprint density at radius 2 is 1.83 bits per heavy atom. The number of rotatable bonds is 16. The van der Waals surface area contributed by atoms with Crippen molar-refractivity contribution in [2.24, 2.45) is 39.6 Å². The molecule has 4 heterocycles. The Morgan fingerprint density at radius 3 is 2.46 bits per heavy atom. The lowest BCUT2D eigenvalue weighted by Gasteiger charge is -2.47. The van der Waals surface area contributed by atoms with E-state index in [9.17, 15) is 29.4 Å². The summed E-state index contributed by atoms with van der Waals surface area (Å²) in [6.07, 6.45) is -2.32. The van der Waals surface area contributed by atoms with Crippen LogP contribution in [0.3, 0.4) is 0 Å². The number of nitrogens with zero attached hydrogens (tertiary/aromatic N) is 5. The number of ether oxygens (including phenoxy) is 4. The van der Waals surface area contributed by atoms with Gasteiger partial charge in [-0.15, -0.1) is 11.3 Å². The highest BCUT2D eigenvalue weighted by Gasteiger charge is 2.55. The van der Waals surface area contributed by atoms with Crippen molar-refractivity contribution >= 4 is 52.6 Å². The van der Waals surface area contributed by atoms with Crippen LogP contribution >= 0.6 is 11.3 Å². The first-order valence-corrected chi connectivity index (χ1v) is 25.4. The van der Waals surface area contributed by atoms with Crippen LogP contribution in [-0.4, -0.2) is 141 Å². The largest absolute Gasteiger partial charge is 0.457 e. The molecule has 5 N–H and O–H groups in total. The van der Waals surface area contributed by atoms with E-state index in [1.54, 1.807) is 58.2 Å². The maximum atomic E-state index is 17.1. The molecule has 0 saturated carbocycles. The number of alkyl halides is 1. The number of aromatic nitrogens is 2. The summed E-state index contributed by atoms with van der Waals surface area (Å²) in [6, 6.07) is 4.09. The molecule has 0 bridgehead atoms. The number of Topliss-reactive ketones (excluding diaryl/α,β-unsaturated/α-hetero) is 1. The van der Waals surface area contributed by atoms with Crippen molar-refractivity contribution in [2.75, 3.05) is 26.0 Å². The standard InChI is InChI=1S/C50H78FN7O11S/c1-14-35(52)44(62)56-39-19-17-18-36(55-39)45-54-33(27-70-45)26-66-57-32-20-21-34(28(4)5)50(11,64)38(15-2)68-47(63)49(10,51)42(61)31(8)43(69-46-41(60)37(58(12)13)22-30(7)67-46)48(9,65-25-32)23-29(6)24-53-40(59)16-3/h17-19,24,27-31,34-35,37-38,41,43,46,60,64H,14-16,20-23,25-26,52H2,1-13H3,(H,55,56,62)/b53-24-,57-32+/t29-,30-,31+,34-,35+,37+,38-,41-,43-,46+,48-,49+,50+/m1/s1. The maximum Gasteiger partial charge on any atom is 0.351 e. The van der Waals surface area contributed by atoms with E-state index < -0.39 is 89.2 Å².